The lowest BCUT2D eigenvalue weighted by molar-refractivity contribution is 0.414. The minimum Gasteiger partial charge on any atom is -0.507 e. The lowest BCUT2D eigenvalue weighted by atomic mass is 9.81. The van der Waals surface area contributed by atoms with Crippen molar-refractivity contribution in [3.05, 3.63) is 41.7 Å². The maximum absolute atomic E-state index is 11.1. The van der Waals surface area contributed by atoms with Gasteiger partial charge >= 0.3 is 0 Å². The summed E-state index contributed by atoms with van der Waals surface area (Å²) >= 11 is 0. The number of phenolic OH excluding ortho intramolecular Hbond substituents is 1. The van der Waals surface area contributed by atoms with Gasteiger partial charge < -0.3 is 10.0 Å². The summed E-state index contributed by atoms with van der Waals surface area (Å²) in [6, 6.07) is 8.60. The van der Waals surface area contributed by atoms with Gasteiger partial charge in [0.25, 0.3) is 0 Å². The minimum absolute atomic E-state index is 0.215. The lowest BCUT2D eigenvalue weighted by Gasteiger charge is -2.30. The van der Waals surface area contributed by atoms with E-state index in [1.54, 1.807) is 4.68 Å². The topological polar surface area (TPSA) is 67.1 Å². The third-order valence-corrected chi connectivity index (χ3v) is 7.10. The summed E-state index contributed by atoms with van der Waals surface area (Å²) in [6.07, 6.45) is 5.53. The Hall–Kier alpha value is -3.15. The van der Waals surface area contributed by atoms with Crippen LogP contribution >= 0.6 is 0 Å². The Kier molecular flexibility index (Phi) is 6.16. The molecule has 35 heavy (non-hydrogen) atoms. The molecule has 2 heterocycles. The first-order valence-corrected chi connectivity index (χ1v) is 12.9. The molecule has 0 atom stereocenters. The van der Waals surface area contributed by atoms with Crippen LogP contribution in [0.25, 0.3) is 33.2 Å². The van der Waals surface area contributed by atoms with Crippen LogP contribution in [0.5, 0.6) is 5.75 Å². The van der Waals surface area contributed by atoms with E-state index in [4.69, 9.17) is 9.97 Å². The van der Waals surface area contributed by atoms with E-state index in [0.29, 0.717) is 29.1 Å². The number of nitrogens with zero attached hydrogens (tertiary/aromatic N) is 5. The van der Waals surface area contributed by atoms with Crippen molar-refractivity contribution in [2.24, 2.45) is 18.9 Å². The number of phenols is 1. The smallest absolute Gasteiger partial charge is 0.163 e. The largest absolute Gasteiger partial charge is 0.507 e. The third-order valence-electron chi connectivity index (χ3n) is 7.10. The molecule has 1 N–H and O–H groups in total. The van der Waals surface area contributed by atoms with E-state index in [0.717, 1.165) is 59.0 Å². The number of rotatable bonds is 7. The van der Waals surface area contributed by atoms with E-state index in [1.807, 2.05) is 26.2 Å². The molecule has 0 bridgehead atoms. The molecule has 1 saturated carbocycles. The average molecular weight is 472 g/mol. The van der Waals surface area contributed by atoms with Crippen molar-refractivity contribution in [1.29, 1.82) is 0 Å². The van der Waals surface area contributed by atoms with Gasteiger partial charge in [-0.2, -0.15) is 5.10 Å². The van der Waals surface area contributed by atoms with Crippen LogP contribution < -0.4 is 4.90 Å². The summed E-state index contributed by atoms with van der Waals surface area (Å²) in [5.74, 6) is 2.43. The van der Waals surface area contributed by atoms with Crippen molar-refractivity contribution in [2.75, 3.05) is 18.0 Å². The molecule has 6 nitrogen and oxygen atoms in total. The summed E-state index contributed by atoms with van der Waals surface area (Å²) in [6.45, 7) is 13.1. The second-order valence-corrected chi connectivity index (χ2v) is 11.1. The van der Waals surface area contributed by atoms with Gasteiger partial charge in [-0.15, -0.1) is 0 Å². The number of aryl methyl sites for hydroxylation is 2. The summed E-state index contributed by atoms with van der Waals surface area (Å²) in [5.41, 5.74) is 5.56. The standard InChI is InChI=1S/C29H37N5O/c1-17(2)14-34(15-18(3)4)22-10-11-25-23(13-22)27(20-8-7-9-20)31-29(30-25)24-12-21-16-33(6)32-26(21)19(5)28(24)35/h10-13,16-18,20,35H,7-9,14-15H2,1-6H3. The summed E-state index contributed by atoms with van der Waals surface area (Å²) in [4.78, 5) is 12.6. The molecular formula is C29H37N5O. The molecule has 0 unspecified atom stereocenters. The number of benzene rings is 2. The van der Waals surface area contributed by atoms with Gasteiger partial charge in [-0.1, -0.05) is 34.1 Å². The second kappa shape index (κ2) is 9.14. The SMILES string of the molecule is Cc1c(O)c(-c2nc(C3CCC3)c3cc(N(CC(C)C)CC(C)C)ccc3n2)cc2cn(C)nc12. The molecule has 0 aliphatic heterocycles. The van der Waals surface area contributed by atoms with Gasteiger partial charge in [-0.25, -0.2) is 9.97 Å². The van der Waals surface area contributed by atoms with Crippen molar-refractivity contribution in [2.45, 2.75) is 59.8 Å². The predicted molar refractivity (Wildman–Crippen MR) is 144 cm³/mol. The Bertz CT molecular complexity index is 1370. The van der Waals surface area contributed by atoms with Gasteiger partial charge in [0.05, 0.1) is 22.3 Å². The van der Waals surface area contributed by atoms with Crippen LogP contribution in [0.3, 0.4) is 0 Å². The number of aromatic nitrogens is 4. The van der Waals surface area contributed by atoms with Crippen molar-refractivity contribution in [3.8, 4) is 17.1 Å². The Morgan fingerprint density at radius 2 is 1.77 bits per heavy atom. The molecule has 184 valence electrons. The summed E-state index contributed by atoms with van der Waals surface area (Å²) in [7, 11) is 1.90. The van der Waals surface area contributed by atoms with Crippen molar-refractivity contribution >= 4 is 27.5 Å². The van der Waals surface area contributed by atoms with E-state index in [-0.39, 0.29) is 5.75 Å². The van der Waals surface area contributed by atoms with Crippen LogP contribution in [-0.4, -0.2) is 37.9 Å². The van der Waals surface area contributed by atoms with E-state index in [2.05, 4.69) is 55.9 Å². The van der Waals surface area contributed by atoms with Crippen LogP contribution in [0.1, 0.15) is 64.1 Å². The highest BCUT2D eigenvalue weighted by Gasteiger charge is 2.26. The van der Waals surface area contributed by atoms with E-state index < -0.39 is 0 Å². The number of hydrogen-bond donors (Lipinski definition) is 1. The van der Waals surface area contributed by atoms with Crippen LogP contribution in [0, 0.1) is 18.8 Å². The predicted octanol–water partition coefficient (Wildman–Crippen LogP) is 6.58. The zero-order valence-electron chi connectivity index (χ0n) is 21.8. The molecule has 6 heteroatoms. The normalized spacial score (nSPS) is 14.4. The molecule has 4 aromatic rings. The molecule has 2 aromatic heterocycles. The molecule has 0 radical (unpaired) electrons. The monoisotopic (exact) mass is 471 g/mol. The molecular weight excluding hydrogens is 434 g/mol. The molecule has 0 saturated heterocycles. The van der Waals surface area contributed by atoms with Crippen LogP contribution in [0.15, 0.2) is 30.5 Å². The molecule has 0 spiro atoms. The quantitative estimate of drug-likeness (QED) is 0.330. The molecule has 2 aromatic carbocycles. The molecule has 1 aliphatic rings. The third kappa shape index (κ3) is 4.46. The highest BCUT2D eigenvalue weighted by molar-refractivity contribution is 5.92. The minimum atomic E-state index is 0.215. The van der Waals surface area contributed by atoms with Crippen molar-refractivity contribution in [1.82, 2.24) is 19.7 Å². The first-order valence-electron chi connectivity index (χ1n) is 12.9. The van der Waals surface area contributed by atoms with Gasteiger partial charge in [-0.3, -0.25) is 4.68 Å². The fourth-order valence-corrected chi connectivity index (χ4v) is 5.23. The number of hydrogen-bond acceptors (Lipinski definition) is 5. The molecule has 5 rings (SSSR count). The fraction of sp³-hybridized carbons (Fsp3) is 0.483. The zero-order valence-corrected chi connectivity index (χ0v) is 21.8. The van der Waals surface area contributed by atoms with E-state index in [9.17, 15) is 5.11 Å². The maximum atomic E-state index is 11.1. The first-order chi connectivity index (χ1) is 16.7. The van der Waals surface area contributed by atoms with Crippen molar-refractivity contribution < 1.29 is 5.11 Å². The van der Waals surface area contributed by atoms with Crippen LogP contribution in [0.2, 0.25) is 0 Å². The Morgan fingerprint density at radius 3 is 2.40 bits per heavy atom. The lowest BCUT2D eigenvalue weighted by Crippen LogP contribution is -2.31. The molecule has 1 fully saturated rings. The highest BCUT2D eigenvalue weighted by Crippen LogP contribution is 2.42. The average Bonchev–Trinajstić information content (AvgIpc) is 3.14. The van der Waals surface area contributed by atoms with Crippen molar-refractivity contribution in [3.63, 3.8) is 0 Å². The first kappa shape index (κ1) is 23.6. The zero-order chi connectivity index (χ0) is 24.9. The number of anilines is 1. The van der Waals surface area contributed by atoms with Gasteiger partial charge in [0.15, 0.2) is 5.82 Å². The number of fused-ring (bicyclic) bond motifs is 2. The second-order valence-electron chi connectivity index (χ2n) is 11.1. The van der Waals surface area contributed by atoms with E-state index in [1.165, 1.54) is 12.1 Å². The van der Waals surface area contributed by atoms with Gasteiger partial charge in [0.1, 0.15) is 5.75 Å². The maximum Gasteiger partial charge on any atom is 0.163 e. The highest BCUT2D eigenvalue weighted by atomic mass is 16.3. The van der Waals surface area contributed by atoms with Gasteiger partial charge in [-0.05, 0) is 55.9 Å². The molecule has 1 aliphatic carbocycles. The summed E-state index contributed by atoms with van der Waals surface area (Å²) < 4.78 is 1.78. The van der Waals surface area contributed by atoms with Gasteiger partial charge in [0, 0.05) is 54.3 Å². The molecule has 0 amide bonds. The summed E-state index contributed by atoms with van der Waals surface area (Å²) in [5, 5.41) is 17.7. The fourth-order valence-electron chi connectivity index (χ4n) is 5.23. The number of aromatic hydroxyl groups is 1. The van der Waals surface area contributed by atoms with E-state index >= 15 is 0 Å². The van der Waals surface area contributed by atoms with Crippen LogP contribution in [0.4, 0.5) is 5.69 Å². The van der Waals surface area contributed by atoms with Crippen LogP contribution in [-0.2, 0) is 7.05 Å². The Labute approximate surface area is 208 Å². The Balaban J connectivity index is 1.66. The van der Waals surface area contributed by atoms with Gasteiger partial charge in [0.2, 0.25) is 0 Å². The Morgan fingerprint density at radius 1 is 1.06 bits per heavy atom.